The number of aromatic amines is 1. The Hall–Kier alpha value is -3.02. The fourth-order valence-corrected chi connectivity index (χ4v) is 3.32. The smallest absolute Gasteiger partial charge is 0.407 e. The molecule has 6 heteroatoms. The summed E-state index contributed by atoms with van der Waals surface area (Å²) in [5.41, 5.74) is 2.63. The number of carboxylic acid groups (broad SMARTS) is 1. The van der Waals surface area contributed by atoms with E-state index in [2.05, 4.69) is 31.0 Å². The zero-order chi connectivity index (χ0) is 20.3. The second kappa shape index (κ2) is 7.92. The van der Waals surface area contributed by atoms with Crippen molar-refractivity contribution in [3.8, 4) is 5.75 Å². The lowest BCUT2D eigenvalue weighted by Gasteiger charge is -2.32. The van der Waals surface area contributed by atoms with Crippen molar-refractivity contribution in [2.75, 3.05) is 13.6 Å². The Labute approximate surface area is 165 Å². The van der Waals surface area contributed by atoms with Crippen molar-refractivity contribution in [3.63, 3.8) is 0 Å². The second-order valence-electron chi connectivity index (χ2n) is 8.14. The summed E-state index contributed by atoms with van der Waals surface area (Å²) < 4.78 is 6.13. The standard InChI is InChI=1S/C22H27N3O3/c1-22(2,3)16(13-25(4)21(26)27)20-19-17(23-24-20)11-8-12-18(19)28-14-15-9-6-5-7-10-15/h5-12,16H,13-14H2,1-4H3,(H,23,24)(H,26,27). The molecule has 0 bridgehead atoms. The number of hydrogen-bond donors (Lipinski definition) is 2. The average molecular weight is 381 g/mol. The molecule has 1 unspecified atom stereocenters. The Morgan fingerprint density at radius 1 is 1.18 bits per heavy atom. The number of hydrogen-bond acceptors (Lipinski definition) is 3. The fourth-order valence-electron chi connectivity index (χ4n) is 3.32. The lowest BCUT2D eigenvalue weighted by Crippen LogP contribution is -2.35. The fraction of sp³-hybridized carbons (Fsp3) is 0.364. The first-order valence-electron chi connectivity index (χ1n) is 9.35. The summed E-state index contributed by atoms with van der Waals surface area (Å²) in [6.45, 7) is 7.14. The normalized spacial score (nSPS) is 12.7. The Kier molecular flexibility index (Phi) is 5.58. The van der Waals surface area contributed by atoms with Gasteiger partial charge in [-0.05, 0) is 23.1 Å². The Morgan fingerprint density at radius 2 is 1.89 bits per heavy atom. The summed E-state index contributed by atoms with van der Waals surface area (Å²) in [4.78, 5) is 12.7. The molecule has 0 radical (unpaired) electrons. The zero-order valence-electron chi connectivity index (χ0n) is 16.8. The molecule has 0 aliphatic rings. The molecule has 3 rings (SSSR count). The number of carbonyl (C=O) groups is 1. The minimum Gasteiger partial charge on any atom is -0.488 e. The van der Waals surface area contributed by atoms with Gasteiger partial charge in [-0.3, -0.25) is 5.10 Å². The maximum atomic E-state index is 11.4. The predicted molar refractivity (Wildman–Crippen MR) is 110 cm³/mol. The maximum Gasteiger partial charge on any atom is 0.407 e. The van der Waals surface area contributed by atoms with Crippen molar-refractivity contribution in [2.24, 2.45) is 5.41 Å². The van der Waals surface area contributed by atoms with Gasteiger partial charge < -0.3 is 14.7 Å². The van der Waals surface area contributed by atoms with Gasteiger partial charge in [0.25, 0.3) is 0 Å². The number of ether oxygens (including phenoxy) is 1. The van der Waals surface area contributed by atoms with Gasteiger partial charge in [-0.25, -0.2) is 4.79 Å². The summed E-state index contributed by atoms with van der Waals surface area (Å²) in [7, 11) is 1.59. The third kappa shape index (κ3) is 4.27. The number of benzene rings is 2. The largest absolute Gasteiger partial charge is 0.488 e. The van der Waals surface area contributed by atoms with Crippen LogP contribution in [0.4, 0.5) is 4.79 Å². The van der Waals surface area contributed by atoms with Crippen molar-refractivity contribution in [1.82, 2.24) is 15.1 Å². The predicted octanol–water partition coefficient (Wildman–Crippen LogP) is 4.88. The van der Waals surface area contributed by atoms with Gasteiger partial charge in [-0.2, -0.15) is 5.10 Å². The lowest BCUT2D eigenvalue weighted by atomic mass is 9.77. The molecule has 0 aliphatic carbocycles. The molecule has 1 heterocycles. The molecule has 0 saturated carbocycles. The van der Waals surface area contributed by atoms with Crippen LogP contribution >= 0.6 is 0 Å². The van der Waals surface area contributed by atoms with Crippen LogP contribution in [-0.2, 0) is 6.61 Å². The third-order valence-electron chi connectivity index (χ3n) is 4.98. The van der Waals surface area contributed by atoms with Crippen molar-refractivity contribution >= 4 is 17.0 Å². The Balaban J connectivity index is 1.99. The topological polar surface area (TPSA) is 78.5 Å². The van der Waals surface area contributed by atoms with E-state index >= 15 is 0 Å². The van der Waals surface area contributed by atoms with Crippen LogP contribution in [0.25, 0.3) is 10.9 Å². The van der Waals surface area contributed by atoms with E-state index in [-0.39, 0.29) is 11.3 Å². The summed E-state index contributed by atoms with van der Waals surface area (Å²) in [6, 6.07) is 15.8. The highest BCUT2D eigenvalue weighted by Gasteiger charge is 2.32. The number of amides is 1. The first-order chi connectivity index (χ1) is 13.3. The van der Waals surface area contributed by atoms with Gasteiger partial charge in [0.05, 0.1) is 16.6 Å². The number of rotatable bonds is 6. The number of nitrogens with one attached hydrogen (secondary N) is 1. The Bertz CT molecular complexity index is 945. The molecule has 0 fully saturated rings. The van der Waals surface area contributed by atoms with Gasteiger partial charge >= 0.3 is 6.09 Å². The van der Waals surface area contributed by atoms with Gasteiger partial charge in [-0.1, -0.05) is 57.2 Å². The van der Waals surface area contributed by atoms with Crippen LogP contribution in [0.2, 0.25) is 0 Å². The number of aromatic nitrogens is 2. The van der Waals surface area contributed by atoms with E-state index in [1.807, 2.05) is 48.5 Å². The first kappa shape index (κ1) is 19.7. The minimum atomic E-state index is -0.946. The summed E-state index contributed by atoms with van der Waals surface area (Å²) in [5.74, 6) is 0.678. The van der Waals surface area contributed by atoms with Crippen LogP contribution in [0.15, 0.2) is 48.5 Å². The highest BCUT2D eigenvalue weighted by Crippen LogP contribution is 2.40. The second-order valence-corrected chi connectivity index (χ2v) is 8.14. The molecular formula is C22H27N3O3. The van der Waals surface area contributed by atoms with Gasteiger partial charge in [0.1, 0.15) is 12.4 Å². The van der Waals surface area contributed by atoms with Gasteiger partial charge in [0.15, 0.2) is 0 Å². The molecule has 2 N–H and O–H groups in total. The highest BCUT2D eigenvalue weighted by molar-refractivity contribution is 5.88. The van der Waals surface area contributed by atoms with Crippen LogP contribution in [0.5, 0.6) is 5.75 Å². The van der Waals surface area contributed by atoms with Crippen LogP contribution < -0.4 is 4.74 Å². The quantitative estimate of drug-likeness (QED) is 0.638. The maximum absolute atomic E-state index is 11.4. The van der Waals surface area contributed by atoms with Crippen molar-refractivity contribution < 1.29 is 14.6 Å². The molecule has 1 aromatic heterocycles. The molecule has 148 valence electrons. The van der Waals surface area contributed by atoms with Crippen molar-refractivity contribution in [1.29, 1.82) is 0 Å². The molecular weight excluding hydrogens is 354 g/mol. The summed E-state index contributed by atoms with van der Waals surface area (Å²) >= 11 is 0. The monoisotopic (exact) mass is 381 g/mol. The number of fused-ring (bicyclic) bond motifs is 1. The summed E-state index contributed by atoms with van der Waals surface area (Å²) in [6.07, 6.45) is -0.946. The van der Waals surface area contributed by atoms with Gasteiger partial charge in [-0.15, -0.1) is 0 Å². The van der Waals surface area contributed by atoms with Crippen molar-refractivity contribution in [2.45, 2.75) is 33.3 Å². The number of nitrogens with zero attached hydrogens (tertiary/aromatic N) is 2. The molecule has 1 amide bonds. The number of likely N-dealkylation sites (N-methyl/N-ethyl adjacent to an activating group) is 1. The van der Waals surface area contributed by atoms with E-state index in [9.17, 15) is 9.90 Å². The molecule has 3 aromatic rings. The van der Waals surface area contributed by atoms with E-state index in [1.165, 1.54) is 4.90 Å². The zero-order valence-corrected chi connectivity index (χ0v) is 16.8. The van der Waals surface area contributed by atoms with Crippen LogP contribution in [0, 0.1) is 5.41 Å². The van der Waals surface area contributed by atoms with Crippen LogP contribution in [0.1, 0.15) is 37.9 Å². The van der Waals surface area contributed by atoms with E-state index in [0.29, 0.717) is 13.2 Å². The minimum absolute atomic E-state index is 0.0694. The summed E-state index contributed by atoms with van der Waals surface area (Å²) in [5, 5.41) is 17.9. The van der Waals surface area contributed by atoms with Crippen molar-refractivity contribution in [3.05, 3.63) is 59.8 Å². The SMILES string of the molecule is CN(CC(c1[nH]nc2cccc(OCc3ccccc3)c12)C(C)(C)C)C(=O)O. The molecule has 1 atom stereocenters. The first-order valence-corrected chi connectivity index (χ1v) is 9.35. The van der Waals surface area contributed by atoms with Crippen LogP contribution in [0.3, 0.4) is 0 Å². The third-order valence-corrected chi connectivity index (χ3v) is 4.98. The highest BCUT2D eigenvalue weighted by atomic mass is 16.5. The van der Waals surface area contributed by atoms with Gasteiger partial charge in [0.2, 0.25) is 0 Å². The average Bonchev–Trinajstić information content (AvgIpc) is 3.08. The van der Waals surface area contributed by atoms with E-state index in [0.717, 1.165) is 27.9 Å². The van der Waals surface area contributed by atoms with E-state index in [1.54, 1.807) is 7.05 Å². The molecule has 2 aromatic carbocycles. The molecule has 0 aliphatic heterocycles. The van der Waals surface area contributed by atoms with Gasteiger partial charge in [0, 0.05) is 19.5 Å². The molecule has 0 spiro atoms. The molecule has 6 nitrogen and oxygen atoms in total. The van der Waals surface area contributed by atoms with Crippen LogP contribution in [-0.4, -0.2) is 39.9 Å². The molecule has 0 saturated heterocycles. The lowest BCUT2D eigenvalue weighted by molar-refractivity contribution is 0.143. The Morgan fingerprint density at radius 3 is 2.54 bits per heavy atom. The van der Waals surface area contributed by atoms with E-state index < -0.39 is 6.09 Å². The van der Waals surface area contributed by atoms with E-state index in [4.69, 9.17) is 4.74 Å². The number of H-pyrrole nitrogens is 1. The molecule has 28 heavy (non-hydrogen) atoms.